The van der Waals surface area contributed by atoms with Crippen molar-refractivity contribution in [3.8, 4) is 23.0 Å². The molecular weight excluding hydrogens is 370 g/mol. The number of amides is 1. The van der Waals surface area contributed by atoms with Gasteiger partial charge in [0.1, 0.15) is 11.5 Å². The van der Waals surface area contributed by atoms with E-state index in [-0.39, 0.29) is 11.9 Å². The molecule has 0 aliphatic heterocycles. The molecule has 6 heteroatoms. The number of hydrogen-bond acceptors (Lipinski definition) is 5. The minimum absolute atomic E-state index is 0.0331. The predicted octanol–water partition coefficient (Wildman–Crippen LogP) is 4.31. The zero-order valence-corrected chi connectivity index (χ0v) is 17.9. The fourth-order valence-electron chi connectivity index (χ4n) is 3.08. The van der Waals surface area contributed by atoms with Crippen LogP contribution in [0.2, 0.25) is 0 Å². The Balaban J connectivity index is 2.00. The molecular formula is C23H31NO5. The number of hydrogen-bond donors (Lipinski definition) is 1. The highest BCUT2D eigenvalue weighted by Gasteiger charge is 2.15. The van der Waals surface area contributed by atoms with Gasteiger partial charge in [-0.15, -0.1) is 0 Å². The summed E-state index contributed by atoms with van der Waals surface area (Å²) in [7, 11) is 3.23. The Bertz CT molecular complexity index is 806. The molecule has 0 spiro atoms. The Morgan fingerprint density at radius 2 is 1.62 bits per heavy atom. The van der Waals surface area contributed by atoms with E-state index in [0.29, 0.717) is 37.6 Å². The lowest BCUT2D eigenvalue weighted by atomic mass is 10.1. The molecule has 6 nitrogen and oxygen atoms in total. The molecule has 0 bridgehead atoms. The van der Waals surface area contributed by atoms with Crippen molar-refractivity contribution in [3.63, 3.8) is 0 Å². The largest absolute Gasteiger partial charge is 0.497 e. The van der Waals surface area contributed by atoms with Gasteiger partial charge in [-0.1, -0.05) is 6.07 Å². The summed E-state index contributed by atoms with van der Waals surface area (Å²) >= 11 is 0. The highest BCUT2D eigenvalue weighted by molar-refractivity contribution is 5.77. The van der Waals surface area contributed by atoms with Gasteiger partial charge in [0.05, 0.1) is 33.5 Å². The van der Waals surface area contributed by atoms with E-state index in [4.69, 9.17) is 18.9 Å². The van der Waals surface area contributed by atoms with Gasteiger partial charge in [0.2, 0.25) is 5.91 Å². The van der Waals surface area contributed by atoms with Crippen molar-refractivity contribution in [3.05, 3.63) is 47.5 Å². The van der Waals surface area contributed by atoms with Crippen LogP contribution in [-0.2, 0) is 11.2 Å². The Kier molecular flexibility index (Phi) is 8.65. The summed E-state index contributed by atoms with van der Waals surface area (Å²) in [6, 6.07) is 11.2. The molecule has 0 fully saturated rings. The van der Waals surface area contributed by atoms with E-state index in [0.717, 1.165) is 22.6 Å². The molecule has 0 heterocycles. The van der Waals surface area contributed by atoms with Crippen LogP contribution in [0.4, 0.5) is 0 Å². The van der Waals surface area contributed by atoms with Crippen molar-refractivity contribution in [1.82, 2.24) is 5.32 Å². The minimum Gasteiger partial charge on any atom is -0.497 e. The first-order valence-electron chi connectivity index (χ1n) is 9.92. The number of nitrogens with one attached hydrogen (secondary N) is 1. The topological polar surface area (TPSA) is 66.0 Å². The van der Waals surface area contributed by atoms with E-state index < -0.39 is 0 Å². The number of benzene rings is 2. The first kappa shape index (κ1) is 22.4. The van der Waals surface area contributed by atoms with Gasteiger partial charge in [0.25, 0.3) is 0 Å². The fourth-order valence-corrected chi connectivity index (χ4v) is 3.08. The third kappa shape index (κ3) is 6.31. The molecule has 158 valence electrons. The standard InChI is InChI=1S/C23H31NO5/c1-6-28-21-11-8-17(14-22(21)29-7-2)9-13-23(25)24-16(3)19-15-18(26-4)10-12-20(19)27-5/h8,10-12,14-16H,6-7,9,13H2,1-5H3,(H,24,25). The van der Waals surface area contributed by atoms with Crippen molar-refractivity contribution < 1.29 is 23.7 Å². The molecule has 0 saturated carbocycles. The molecule has 0 radical (unpaired) electrons. The molecule has 1 unspecified atom stereocenters. The molecule has 2 aromatic rings. The highest BCUT2D eigenvalue weighted by atomic mass is 16.5. The smallest absolute Gasteiger partial charge is 0.220 e. The van der Waals surface area contributed by atoms with Crippen molar-refractivity contribution in [2.75, 3.05) is 27.4 Å². The molecule has 1 N–H and O–H groups in total. The van der Waals surface area contributed by atoms with E-state index in [1.807, 2.05) is 57.2 Å². The third-order valence-electron chi connectivity index (χ3n) is 4.53. The molecule has 0 saturated heterocycles. The summed E-state index contributed by atoms with van der Waals surface area (Å²) in [5.41, 5.74) is 1.90. The van der Waals surface area contributed by atoms with Gasteiger partial charge >= 0.3 is 0 Å². The summed E-state index contributed by atoms with van der Waals surface area (Å²) < 4.78 is 21.9. The lowest BCUT2D eigenvalue weighted by molar-refractivity contribution is -0.121. The maximum Gasteiger partial charge on any atom is 0.220 e. The first-order valence-corrected chi connectivity index (χ1v) is 9.92. The Morgan fingerprint density at radius 1 is 0.931 bits per heavy atom. The maximum absolute atomic E-state index is 12.5. The van der Waals surface area contributed by atoms with E-state index >= 15 is 0 Å². The monoisotopic (exact) mass is 401 g/mol. The van der Waals surface area contributed by atoms with Crippen LogP contribution < -0.4 is 24.3 Å². The average Bonchev–Trinajstić information content (AvgIpc) is 2.73. The Morgan fingerprint density at radius 3 is 2.28 bits per heavy atom. The predicted molar refractivity (Wildman–Crippen MR) is 113 cm³/mol. The molecule has 0 aliphatic carbocycles. The van der Waals surface area contributed by atoms with Gasteiger partial charge in [0.15, 0.2) is 11.5 Å². The zero-order valence-electron chi connectivity index (χ0n) is 17.9. The zero-order chi connectivity index (χ0) is 21.2. The summed E-state index contributed by atoms with van der Waals surface area (Å²) in [5, 5.41) is 3.03. The molecule has 1 amide bonds. The molecule has 0 aromatic heterocycles. The summed E-state index contributed by atoms with van der Waals surface area (Å²) in [5.74, 6) is 2.84. The normalized spacial score (nSPS) is 11.5. The van der Waals surface area contributed by atoms with Crippen LogP contribution in [0, 0.1) is 0 Å². The van der Waals surface area contributed by atoms with E-state index in [1.165, 1.54) is 0 Å². The van der Waals surface area contributed by atoms with Crippen molar-refractivity contribution in [1.29, 1.82) is 0 Å². The lowest BCUT2D eigenvalue weighted by Gasteiger charge is -2.18. The highest BCUT2D eigenvalue weighted by Crippen LogP contribution is 2.30. The lowest BCUT2D eigenvalue weighted by Crippen LogP contribution is -2.27. The summed E-state index contributed by atoms with van der Waals surface area (Å²) in [6.07, 6.45) is 0.983. The van der Waals surface area contributed by atoms with Gasteiger partial charge in [-0.25, -0.2) is 0 Å². The second-order valence-electron chi connectivity index (χ2n) is 6.54. The van der Waals surface area contributed by atoms with E-state index in [1.54, 1.807) is 14.2 Å². The van der Waals surface area contributed by atoms with Crippen molar-refractivity contribution in [2.24, 2.45) is 0 Å². The SMILES string of the molecule is CCOc1ccc(CCC(=O)NC(C)c2cc(OC)ccc2OC)cc1OCC. The van der Waals surface area contributed by atoms with E-state index in [2.05, 4.69) is 5.32 Å². The number of carbonyl (C=O) groups is 1. The van der Waals surface area contributed by atoms with Gasteiger partial charge in [-0.2, -0.15) is 0 Å². The average molecular weight is 402 g/mol. The molecule has 2 aromatic carbocycles. The maximum atomic E-state index is 12.5. The number of rotatable bonds is 11. The van der Waals surface area contributed by atoms with Gasteiger partial charge < -0.3 is 24.3 Å². The van der Waals surface area contributed by atoms with Crippen LogP contribution in [0.1, 0.15) is 44.4 Å². The van der Waals surface area contributed by atoms with Crippen LogP contribution >= 0.6 is 0 Å². The second-order valence-corrected chi connectivity index (χ2v) is 6.54. The molecule has 29 heavy (non-hydrogen) atoms. The van der Waals surface area contributed by atoms with Crippen LogP contribution in [0.25, 0.3) is 0 Å². The summed E-state index contributed by atoms with van der Waals surface area (Å²) in [4.78, 5) is 12.5. The van der Waals surface area contributed by atoms with Crippen LogP contribution in [0.5, 0.6) is 23.0 Å². The third-order valence-corrected chi connectivity index (χ3v) is 4.53. The van der Waals surface area contributed by atoms with Crippen LogP contribution in [0.15, 0.2) is 36.4 Å². The first-order chi connectivity index (χ1) is 14.0. The number of aryl methyl sites for hydroxylation is 1. The summed E-state index contributed by atoms with van der Waals surface area (Å²) in [6.45, 7) is 6.94. The van der Waals surface area contributed by atoms with Crippen LogP contribution in [-0.4, -0.2) is 33.3 Å². The van der Waals surface area contributed by atoms with Gasteiger partial charge in [-0.05, 0) is 63.1 Å². The molecule has 0 aliphatic rings. The Hall–Kier alpha value is -2.89. The number of methoxy groups -OCH3 is 2. The van der Waals surface area contributed by atoms with Crippen LogP contribution in [0.3, 0.4) is 0 Å². The number of ether oxygens (including phenoxy) is 4. The molecule has 2 rings (SSSR count). The van der Waals surface area contributed by atoms with Crippen molar-refractivity contribution in [2.45, 2.75) is 39.7 Å². The van der Waals surface area contributed by atoms with E-state index in [9.17, 15) is 4.79 Å². The fraction of sp³-hybridized carbons (Fsp3) is 0.435. The number of carbonyl (C=O) groups excluding carboxylic acids is 1. The second kappa shape index (κ2) is 11.2. The minimum atomic E-state index is -0.202. The van der Waals surface area contributed by atoms with Gasteiger partial charge in [0, 0.05) is 12.0 Å². The van der Waals surface area contributed by atoms with Gasteiger partial charge in [-0.3, -0.25) is 4.79 Å². The van der Waals surface area contributed by atoms with Crippen molar-refractivity contribution >= 4 is 5.91 Å². The molecule has 1 atom stereocenters. The quantitative estimate of drug-likeness (QED) is 0.608. The Labute approximate surface area is 173 Å².